The van der Waals surface area contributed by atoms with E-state index in [1.807, 2.05) is 4.90 Å². The van der Waals surface area contributed by atoms with Crippen molar-refractivity contribution in [2.75, 3.05) is 25.6 Å². The van der Waals surface area contributed by atoms with Gasteiger partial charge in [-0.1, -0.05) is 24.3 Å². The molecule has 1 heterocycles. The first-order valence-electron chi connectivity index (χ1n) is 7.83. The van der Waals surface area contributed by atoms with E-state index in [0.717, 1.165) is 12.8 Å². The summed E-state index contributed by atoms with van der Waals surface area (Å²) in [5.74, 6) is 2.00. The molecule has 1 aliphatic heterocycles. The molecule has 1 aromatic carbocycles. The average Bonchev–Trinajstić information content (AvgIpc) is 3.29. The summed E-state index contributed by atoms with van der Waals surface area (Å²) in [6, 6.07) is 8.62. The van der Waals surface area contributed by atoms with Gasteiger partial charge in [0, 0.05) is 19.0 Å². The molecule has 0 spiro atoms. The van der Waals surface area contributed by atoms with Crippen LogP contribution in [0.15, 0.2) is 24.3 Å². The van der Waals surface area contributed by atoms with Crippen LogP contribution in [0.4, 0.5) is 0 Å². The first kappa shape index (κ1) is 13.6. The number of carbonyl (C=O) groups excluding carboxylic acids is 1. The fourth-order valence-electron chi connectivity index (χ4n) is 4.13. The largest absolute Gasteiger partial charge is 0.373 e. The van der Waals surface area contributed by atoms with Crippen molar-refractivity contribution in [2.45, 2.75) is 24.9 Å². The quantitative estimate of drug-likeness (QED) is 0.786. The average molecular weight is 306 g/mol. The summed E-state index contributed by atoms with van der Waals surface area (Å²) in [5, 5.41) is 0. The molecule has 1 amide bonds. The predicted molar refractivity (Wildman–Crippen MR) is 81.5 cm³/mol. The van der Waals surface area contributed by atoms with Gasteiger partial charge in [0.05, 0.1) is 18.6 Å². The van der Waals surface area contributed by atoms with Gasteiger partial charge in [-0.3, -0.25) is 4.79 Å². The molecule has 0 bridgehead atoms. The normalized spacial score (nSPS) is 34.0. The number of fused-ring (bicyclic) bond motifs is 3. The van der Waals surface area contributed by atoms with E-state index >= 15 is 0 Å². The van der Waals surface area contributed by atoms with Crippen LogP contribution in [-0.4, -0.2) is 42.5 Å². The molecule has 0 N–H and O–H groups in total. The summed E-state index contributed by atoms with van der Waals surface area (Å²) in [4.78, 5) is 14.8. The van der Waals surface area contributed by atoms with Crippen molar-refractivity contribution in [1.29, 1.82) is 0 Å². The number of morpholine rings is 1. The summed E-state index contributed by atoms with van der Waals surface area (Å²) >= 11 is 5.87. The number of rotatable bonds is 2. The Bertz CT molecular complexity index is 561. The van der Waals surface area contributed by atoms with Crippen molar-refractivity contribution in [3.63, 3.8) is 0 Å². The van der Waals surface area contributed by atoms with E-state index < -0.39 is 0 Å². The van der Waals surface area contributed by atoms with Gasteiger partial charge in [0.15, 0.2) is 0 Å². The van der Waals surface area contributed by atoms with E-state index in [-0.39, 0.29) is 12.0 Å². The number of carbonyl (C=O) groups is 1. The van der Waals surface area contributed by atoms with Crippen LogP contribution in [0.1, 0.15) is 23.5 Å². The fourth-order valence-corrected chi connectivity index (χ4v) is 4.31. The number of benzene rings is 1. The van der Waals surface area contributed by atoms with Crippen LogP contribution >= 0.6 is 11.6 Å². The van der Waals surface area contributed by atoms with E-state index in [0.29, 0.717) is 43.3 Å². The van der Waals surface area contributed by atoms with Crippen molar-refractivity contribution in [2.24, 2.45) is 11.8 Å². The Kier molecular flexibility index (Phi) is 3.43. The fraction of sp³-hybridized carbons (Fsp3) is 0.588. The minimum Gasteiger partial charge on any atom is -0.373 e. The SMILES string of the molecule is O=C(C1C2CCc3ccccc3C21)N1CCOC(CCl)C1. The molecule has 2 aliphatic carbocycles. The van der Waals surface area contributed by atoms with Crippen molar-refractivity contribution >= 4 is 17.5 Å². The Labute approximate surface area is 130 Å². The molecule has 1 aromatic rings. The van der Waals surface area contributed by atoms with E-state index in [1.165, 1.54) is 11.1 Å². The van der Waals surface area contributed by atoms with Gasteiger partial charge in [-0.2, -0.15) is 0 Å². The number of alkyl halides is 1. The summed E-state index contributed by atoms with van der Waals surface area (Å²) in [6.45, 7) is 1.98. The van der Waals surface area contributed by atoms with Gasteiger partial charge < -0.3 is 9.64 Å². The Morgan fingerprint density at radius 1 is 1.38 bits per heavy atom. The highest BCUT2D eigenvalue weighted by molar-refractivity contribution is 6.18. The molecule has 21 heavy (non-hydrogen) atoms. The van der Waals surface area contributed by atoms with Gasteiger partial charge in [-0.15, -0.1) is 11.6 Å². The molecule has 2 fully saturated rings. The van der Waals surface area contributed by atoms with Crippen LogP contribution in [0, 0.1) is 11.8 Å². The molecular formula is C17H20ClNO2. The first-order chi connectivity index (χ1) is 10.3. The summed E-state index contributed by atoms with van der Waals surface area (Å²) in [7, 11) is 0. The van der Waals surface area contributed by atoms with E-state index in [9.17, 15) is 4.79 Å². The van der Waals surface area contributed by atoms with Crippen LogP contribution in [-0.2, 0) is 16.0 Å². The maximum atomic E-state index is 12.8. The molecule has 1 saturated carbocycles. The number of ether oxygens (including phenoxy) is 1. The van der Waals surface area contributed by atoms with E-state index in [4.69, 9.17) is 16.3 Å². The van der Waals surface area contributed by atoms with Crippen molar-refractivity contribution in [3.8, 4) is 0 Å². The number of hydrogen-bond donors (Lipinski definition) is 0. The van der Waals surface area contributed by atoms with Gasteiger partial charge in [-0.05, 0) is 35.8 Å². The second kappa shape index (κ2) is 5.29. The molecule has 4 atom stereocenters. The molecule has 4 rings (SSSR count). The molecule has 3 aliphatic rings. The Balaban J connectivity index is 1.50. The topological polar surface area (TPSA) is 29.5 Å². The molecule has 1 saturated heterocycles. The summed E-state index contributed by atoms with van der Waals surface area (Å²) in [6.07, 6.45) is 2.27. The Hall–Kier alpha value is -1.06. The van der Waals surface area contributed by atoms with Crippen LogP contribution in [0.2, 0.25) is 0 Å². The number of hydrogen-bond acceptors (Lipinski definition) is 2. The molecular weight excluding hydrogens is 286 g/mol. The Morgan fingerprint density at radius 2 is 2.24 bits per heavy atom. The molecule has 4 unspecified atom stereocenters. The van der Waals surface area contributed by atoms with Crippen molar-refractivity contribution in [1.82, 2.24) is 4.90 Å². The predicted octanol–water partition coefficient (Wildman–Crippen LogP) is 2.43. The molecule has 0 aromatic heterocycles. The number of nitrogens with zero attached hydrogens (tertiary/aromatic N) is 1. The first-order valence-corrected chi connectivity index (χ1v) is 8.37. The van der Waals surface area contributed by atoms with Gasteiger partial charge in [-0.25, -0.2) is 0 Å². The van der Waals surface area contributed by atoms with E-state index in [1.54, 1.807) is 0 Å². The number of halogens is 1. The minimum absolute atomic E-state index is 0.00238. The van der Waals surface area contributed by atoms with Crippen LogP contribution < -0.4 is 0 Å². The van der Waals surface area contributed by atoms with Gasteiger partial charge in [0.1, 0.15) is 0 Å². The second-order valence-electron chi connectivity index (χ2n) is 6.38. The van der Waals surface area contributed by atoms with Gasteiger partial charge in [0.25, 0.3) is 0 Å². The molecule has 0 radical (unpaired) electrons. The number of amides is 1. The van der Waals surface area contributed by atoms with E-state index in [2.05, 4.69) is 24.3 Å². The van der Waals surface area contributed by atoms with Crippen LogP contribution in [0.5, 0.6) is 0 Å². The summed E-state index contributed by atoms with van der Waals surface area (Å²) < 4.78 is 5.56. The lowest BCUT2D eigenvalue weighted by Gasteiger charge is -2.32. The smallest absolute Gasteiger partial charge is 0.226 e. The third kappa shape index (κ3) is 2.27. The third-order valence-corrected chi connectivity index (χ3v) is 5.58. The third-order valence-electron chi connectivity index (χ3n) is 5.24. The molecule has 3 nitrogen and oxygen atoms in total. The van der Waals surface area contributed by atoms with Gasteiger partial charge >= 0.3 is 0 Å². The minimum atomic E-state index is -0.00238. The molecule has 112 valence electrons. The zero-order valence-electron chi connectivity index (χ0n) is 12.0. The van der Waals surface area contributed by atoms with Crippen LogP contribution in [0.3, 0.4) is 0 Å². The lowest BCUT2D eigenvalue weighted by Crippen LogP contribution is -2.47. The zero-order valence-corrected chi connectivity index (χ0v) is 12.8. The lowest BCUT2D eigenvalue weighted by molar-refractivity contribution is -0.139. The highest BCUT2D eigenvalue weighted by Gasteiger charge is 2.58. The summed E-state index contributed by atoms with van der Waals surface area (Å²) in [5.41, 5.74) is 2.85. The monoisotopic (exact) mass is 305 g/mol. The highest BCUT2D eigenvalue weighted by atomic mass is 35.5. The standard InChI is InChI=1S/C17H20ClNO2/c18-9-12-10-19(7-8-21-12)17(20)16-14-6-5-11-3-1-2-4-13(11)15(14)16/h1-4,12,14-16H,5-10H2. The highest BCUT2D eigenvalue weighted by Crippen LogP contribution is 2.60. The lowest BCUT2D eigenvalue weighted by atomic mass is 9.92. The second-order valence-corrected chi connectivity index (χ2v) is 6.69. The zero-order chi connectivity index (χ0) is 14.4. The van der Waals surface area contributed by atoms with Gasteiger partial charge in [0.2, 0.25) is 5.91 Å². The number of aryl methyl sites for hydroxylation is 1. The van der Waals surface area contributed by atoms with Crippen molar-refractivity contribution < 1.29 is 9.53 Å². The van der Waals surface area contributed by atoms with Crippen LogP contribution in [0.25, 0.3) is 0 Å². The molecule has 4 heteroatoms. The maximum absolute atomic E-state index is 12.8. The Morgan fingerprint density at radius 3 is 3.10 bits per heavy atom. The van der Waals surface area contributed by atoms with Crippen molar-refractivity contribution in [3.05, 3.63) is 35.4 Å². The maximum Gasteiger partial charge on any atom is 0.226 e.